The van der Waals surface area contributed by atoms with E-state index in [1.807, 2.05) is 0 Å². The molecular formula is C22H23NO6. The molecule has 152 valence electrons. The summed E-state index contributed by atoms with van der Waals surface area (Å²) in [6.45, 7) is 2.21. The van der Waals surface area contributed by atoms with Crippen molar-refractivity contribution in [3.05, 3.63) is 64.7 Å². The highest BCUT2D eigenvalue weighted by atomic mass is 16.5. The van der Waals surface area contributed by atoms with E-state index < -0.39 is 17.7 Å². The minimum Gasteiger partial charge on any atom is -0.508 e. The van der Waals surface area contributed by atoms with Crippen LogP contribution in [0, 0.1) is 6.92 Å². The summed E-state index contributed by atoms with van der Waals surface area (Å²) in [5, 5.41) is 20.6. The summed E-state index contributed by atoms with van der Waals surface area (Å²) in [4.78, 5) is 26.9. The number of phenols is 1. The van der Waals surface area contributed by atoms with E-state index in [9.17, 15) is 19.8 Å². The van der Waals surface area contributed by atoms with Gasteiger partial charge in [0.2, 0.25) is 0 Å². The average molecular weight is 397 g/mol. The maximum atomic E-state index is 12.9. The Hall–Kier alpha value is -3.32. The monoisotopic (exact) mass is 397 g/mol. The van der Waals surface area contributed by atoms with Gasteiger partial charge in [-0.1, -0.05) is 12.1 Å². The van der Waals surface area contributed by atoms with Gasteiger partial charge in [0.1, 0.15) is 17.3 Å². The number of aryl methyl sites for hydroxylation is 1. The van der Waals surface area contributed by atoms with Crippen LogP contribution in [0.25, 0.3) is 5.76 Å². The molecule has 1 heterocycles. The SMILES string of the molecule is COCCN1C(=O)C(=O)/C(=C(/O)c2ccc(OC)cc2C)[C@@H]1c1ccc(O)cc1. The number of aliphatic hydroxyl groups is 1. The molecule has 0 unspecified atom stereocenters. The molecule has 1 fully saturated rings. The van der Waals surface area contributed by atoms with Crippen LogP contribution in [-0.4, -0.2) is 54.2 Å². The number of ketones is 1. The van der Waals surface area contributed by atoms with Crippen LogP contribution in [0.2, 0.25) is 0 Å². The molecule has 0 spiro atoms. The maximum absolute atomic E-state index is 12.9. The molecule has 2 aromatic carbocycles. The van der Waals surface area contributed by atoms with Crippen molar-refractivity contribution >= 4 is 17.4 Å². The van der Waals surface area contributed by atoms with Gasteiger partial charge in [-0.25, -0.2) is 0 Å². The number of methoxy groups -OCH3 is 2. The second-order valence-electron chi connectivity index (χ2n) is 6.76. The Morgan fingerprint density at radius 1 is 1.10 bits per heavy atom. The molecule has 29 heavy (non-hydrogen) atoms. The highest BCUT2D eigenvalue weighted by Gasteiger charge is 2.45. The van der Waals surface area contributed by atoms with Crippen molar-refractivity contribution in [2.24, 2.45) is 0 Å². The molecule has 0 saturated carbocycles. The van der Waals surface area contributed by atoms with Crippen molar-refractivity contribution in [1.82, 2.24) is 4.90 Å². The number of hydrogen-bond donors (Lipinski definition) is 2. The molecule has 0 bridgehead atoms. The first-order valence-electron chi connectivity index (χ1n) is 9.10. The van der Waals surface area contributed by atoms with Gasteiger partial charge < -0.3 is 24.6 Å². The second kappa shape index (κ2) is 8.36. The van der Waals surface area contributed by atoms with Gasteiger partial charge in [0.15, 0.2) is 0 Å². The summed E-state index contributed by atoms with van der Waals surface area (Å²) >= 11 is 0. The lowest BCUT2D eigenvalue weighted by atomic mass is 9.94. The van der Waals surface area contributed by atoms with Crippen LogP contribution in [-0.2, 0) is 14.3 Å². The molecule has 1 atom stereocenters. The summed E-state index contributed by atoms with van der Waals surface area (Å²) in [5.74, 6) is -1.02. The molecular weight excluding hydrogens is 374 g/mol. The standard InChI is InChI=1S/C22H23NO6/c1-13-12-16(29-3)8-9-17(13)20(25)18-19(14-4-6-15(24)7-5-14)23(10-11-28-2)22(27)21(18)26/h4-9,12,19,24-25H,10-11H2,1-3H3/b20-18+/t19-/m0/s1. The average Bonchev–Trinajstić information content (AvgIpc) is 2.96. The first-order chi connectivity index (χ1) is 13.9. The fourth-order valence-corrected chi connectivity index (χ4v) is 3.48. The van der Waals surface area contributed by atoms with Crippen LogP contribution in [0.3, 0.4) is 0 Å². The van der Waals surface area contributed by atoms with E-state index in [4.69, 9.17) is 9.47 Å². The summed E-state index contributed by atoms with van der Waals surface area (Å²) in [6.07, 6.45) is 0. The Balaban J connectivity index is 2.17. The topological polar surface area (TPSA) is 96.3 Å². The van der Waals surface area contributed by atoms with Crippen molar-refractivity contribution < 1.29 is 29.3 Å². The number of carbonyl (C=O) groups is 2. The van der Waals surface area contributed by atoms with Gasteiger partial charge >= 0.3 is 0 Å². The summed E-state index contributed by atoms with van der Waals surface area (Å²) < 4.78 is 10.3. The predicted molar refractivity (Wildman–Crippen MR) is 107 cm³/mol. The molecule has 2 N–H and O–H groups in total. The molecule has 0 aromatic heterocycles. The zero-order chi connectivity index (χ0) is 21.1. The van der Waals surface area contributed by atoms with Crippen LogP contribution in [0.1, 0.15) is 22.7 Å². The van der Waals surface area contributed by atoms with E-state index in [0.717, 1.165) is 0 Å². The predicted octanol–water partition coefficient (Wildman–Crippen LogP) is 2.78. The van der Waals surface area contributed by atoms with Gasteiger partial charge in [-0.2, -0.15) is 0 Å². The van der Waals surface area contributed by atoms with Crippen molar-refractivity contribution in [1.29, 1.82) is 0 Å². The summed E-state index contributed by atoms with van der Waals surface area (Å²) in [5.41, 5.74) is 1.75. The Morgan fingerprint density at radius 3 is 2.38 bits per heavy atom. The molecule has 0 aliphatic carbocycles. The van der Waals surface area contributed by atoms with E-state index in [1.165, 1.54) is 24.1 Å². The Labute approximate surface area is 168 Å². The molecule has 3 rings (SSSR count). The number of ether oxygens (including phenoxy) is 2. The molecule has 0 radical (unpaired) electrons. The number of phenolic OH excluding ortho intramolecular Hbond substituents is 1. The Morgan fingerprint density at radius 2 is 1.79 bits per heavy atom. The highest BCUT2D eigenvalue weighted by molar-refractivity contribution is 6.46. The third kappa shape index (κ3) is 3.82. The van der Waals surface area contributed by atoms with Gasteiger partial charge in [0.05, 0.1) is 25.3 Å². The highest BCUT2D eigenvalue weighted by Crippen LogP contribution is 2.40. The third-order valence-electron chi connectivity index (χ3n) is 4.97. The lowest BCUT2D eigenvalue weighted by molar-refractivity contribution is -0.140. The lowest BCUT2D eigenvalue weighted by Gasteiger charge is -2.25. The maximum Gasteiger partial charge on any atom is 0.295 e. The third-order valence-corrected chi connectivity index (χ3v) is 4.97. The molecule has 7 heteroatoms. The molecule has 1 aliphatic heterocycles. The van der Waals surface area contributed by atoms with E-state index >= 15 is 0 Å². The molecule has 7 nitrogen and oxygen atoms in total. The van der Waals surface area contributed by atoms with Gasteiger partial charge in [-0.05, 0) is 48.4 Å². The summed E-state index contributed by atoms with van der Waals surface area (Å²) in [6, 6.07) is 10.5. The number of amides is 1. The van der Waals surface area contributed by atoms with Crippen molar-refractivity contribution in [2.45, 2.75) is 13.0 Å². The fourth-order valence-electron chi connectivity index (χ4n) is 3.48. The first-order valence-corrected chi connectivity index (χ1v) is 9.10. The van der Waals surface area contributed by atoms with Crippen LogP contribution in [0.5, 0.6) is 11.5 Å². The molecule has 1 saturated heterocycles. The van der Waals surface area contributed by atoms with Crippen LogP contribution in [0.15, 0.2) is 48.0 Å². The molecule has 1 amide bonds. The molecule has 2 aromatic rings. The molecule has 1 aliphatic rings. The van der Waals surface area contributed by atoms with Crippen molar-refractivity contribution in [2.75, 3.05) is 27.4 Å². The minimum atomic E-state index is -0.785. The zero-order valence-electron chi connectivity index (χ0n) is 16.5. The number of hydrogen-bond acceptors (Lipinski definition) is 6. The number of Topliss-reactive ketones (excluding diaryl/α,β-unsaturated/α-hetero) is 1. The number of carbonyl (C=O) groups excluding carboxylic acids is 2. The van der Waals surface area contributed by atoms with Gasteiger partial charge in [-0.3, -0.25) is 9.59 Å². The van der Waals surface area contributed by atoms with E-state index in [1.54, 1.807) is 44.4 Å². The second-order valence-corrected chi connectivity index (χ2v) is 6.76. The van der Waals surface area contributed by atoms with Crippen LogP contribution >= 0.6 is 0 Å². The van der Waals surface area contributed by atoms with Crippen LogP contribution in [0.4, 0.5) is 0 Å². The van der Waals surface area contributed by atoms with Gasteiger partial charge in [-0.15, -0.1) is 0 Å². The minimum absolute atomic E-state index is 0.00468. The normalized spacial score (nSPS) is 18.3. The van der Waals surface area contributed by atoms with E-state index in [2.05, 4.69) is 0 Å². The van der Waals surface area contributed by atoms with Crippen molar-refractivity contribution in [3.8, 4) is 11.5 Å². The number of benzene rings is 2. The number of rotatable bonds is 6. The van der Waals surface area contributed by atoms with Crippen LogP contribution < -0.4 is 4.74 Å². The largest absolute Gasteiger partial charge is 0.508 e. The smallest absolute Gasteiger partial charge is 0.295 e. The lowest BCUT2D eigenvalue weighted by Crippen LogP contribution is -2.32. The Bertz CT molecular complexity index is 964. The van der Waals surface area contributed by atoms with Gasteiger partial charge in [0, 0.05) is 19.2 Å². The van der Waals surface area contributed by atoms with Gasteiger partial charge in [0.25, 0.3) is 11.7 Å². The Kier molecular flexibility index (Phi) is 5.89. The fraction of sp³-hybridized carbons (Fsp3) is 0.273. The number of likely N-dealkylation sites (tertiary alicyclic amines) is 1. The number of aromatic hydroxyl groups is 1. The van der Waals surface area contributed by atoms with Crippen molar-refractivity contribution in [3.63, 3.8) is 0 Å². The zero-order valence-corrected chi connectivity index (χ0v) is 16.5. The van der Waals surface area contributed by atoms with E-state index in [-0.39, 0.29) is 30.2 Å². The summed E-state index contributed by atoms with van der Waals surface area (Å²) in [7, 11) is 3.05. The van der Waals surface area contributed by atoms with E-state index in [0.29, 0.717) is 22.4 Å². The number of aliphatic hydroxyl groups excluding tert-OH is 1. The number of nitrogens with zero attached hydrogens (tertiary/aromatic N) is 1. The first kappa shape index (κ1) is 20.4. The quantitative estimate of drug-likeness (QED) is 0.442.